The number of hydrogen-bond acceptors (Lipinski definition) is 3. The first-order chi connectivity index (χ1) is 7.81. The molecule has 16 heavy (non-hydrogen) atoms. The number of rotatable bonds is 1. The van der Waals surface area contributed by atoms with E-state index in [1.165, 1.54) is 11.3 Å². The minimum atomic E-state index is 0.925. The molecule has 1 aliphatic rings. The maximum absolute atomic E-state index is 5.38. The number of furan rings is 1. The van der Waals surface area contributed by atoms with E-state index >= 15 is 0 Å². The minimum Gasteiger partial charge on any atom is -0.464 e. The van der Waals surface area contributed by atoms with Crippen LogP contribution < -0.4 is 5.32 Å². The standard InChI is InChI=1S/C13H14N2O/c1-15-8-12(14-9-15)6-10-2-3-11-4-5-16-13(11)7-10/h2-7,14H,8-9H2,1H3/b12-6-. The molecule has 3 heteroatoms. The van der Waals surface area contributed by atoms with Gasteiger partial charge in [-0.05, 0) is 30.8 Å². The lowest BCUT2D eigenvalue weighted by atomic mass is 10.1. The molecule has 2 heterocycles. The van der Waals surface area contributed by atoms with Crippen LogP contribution in [0, 0.1) is 0 Å². The van der Waals surface area contributed by atoms with Crippen molar-refractivity contribution in [3.05, 3.63) is 41.8 Å². The van der Waals surface area contributed by atoms with Crippen molar-refractivity contribution in [1.82, 2.24) is 10.2 Å². The van der Waals surface area contributed by atoms with Gasteiger partial charge in [0, 0.05) is 17.6 Å². The van der Waals surface area contributed by atoms with Crippen molar-refractivity contribution in [2.75, 3.05) is 20.3 Å². The lowest BCUT2D eigenvalue weighted by Gasteiger charge is -2.00. The Kier molecular flexibility index (Phi) is 2.18. The topological polar surface area (TPSA) is 28.4 Å². The molecule has 0 amide bonds. The predicted molar refractivity (Wildman–Crippen MR) is 64.8 cm³/mol. The molecule has 2 aromatic rings. The Hall–Kier alpha value is -1.74. The Bertz CT molecular complexity index is 542. The highest BCUT2D eigenvalue weighted by molar-refractivity contribution is 5.79. The quantitative estimate of drug-likeness (QED) is 0.789. The molecule has 1 aromatic heterocycles. The monoisotopic (exact) mass is 214 g/mol. The molecule has 0 aliphatic carbocycles. The van der Waals surface area contributed by atoms with Crippen LogP contribution in [0.1, 0.15) is 5.56 Å². The first-order valence-electron chi connectivity index (χ1n) is 5.41. The summed E-state index contributed by atoms with van der Waals surface area (Å²) in [5.41, 5.74) is 3.38. The molecule has 0 saturated carbocycles. The third-order valence-electron chi connectivity index (χ3n) is 2.84. The third kappa shape index (κ3) is 1.70. The van der Waals surface area contributed by atoms with E-state index in [0.29, 0.717) is 0 Å². The zero-order valence-corrected chi connectivity index (χ0v) is 9.23. The van der Waals surface area contributed by atoms with Crippen LogP contribution in [0.25, 0.3) is 17.0 Å². The molecule has 0 radical (unpaired) electrons. The summed E-state index contributed by atoms with van der Waals surface area (Å²) >= 11 is 0. The van der Waals surface area contributed by atoms with Crippen molar-refractivity contribution >= 4 is 17.0 Å². The molecule has 0 atom stereocenters. The van der Waals surface area contributed by atoms with Crippen LogP contribution in [0.2, 0.25) is 0 Å². The van der Waals surface area contributed by atoms with Gasteiger partial charge < -0.3 is 9.73 Å². The normalized spacial score (nSPS) is 19.4. The van der Waals surface area contributed by atoms with Crippen molar-refractivity contribution in [3.8, 4) is 0 Å². The van der Waals surface area contributed by atoms with Crippen LogP contribution in [-0.2, 0) is 0 Å². The average molecular weight is 214 g/mol. The van der Waals surface area contributed by atoms with E-state index in [4.69, 9.17) is 4.42 Å². The molecule has 1 N–H and O–H groups in total. The van der Waals surface area contributed by atoms with Gasteiger partial charge in [-0.3, -0.25) is 4.90 Å². The second-order valence-corrected chi connectivity index (χ2v) is 4.24. The van der Waals surface area contributed by atoms with E-state index in [9.17, 15) is 0 Å². The van der Waals surface area contributed by atoms with Crippen molar-refractivity contribution < 1.29 is 4.42 Å². The molecule has 82 valence electrons. The molecule has 1 aromatic carbocycles. The van der Waals surface area contributed by atoms with Gasteiger partial charge in [-0.15, -0.1) is 0 Å². The molecule has 0 unspecified atom stereocenters. The first kappa shape index (κ1) is 9.48. The van der Waals surface area contributed by atoms with Crippen LogP contribution in [0.4, 0.5) is 0 Å². The molecule has 3 nitrogen and oxygen atoms in total. The molecule has 1 saturated heterocycles. The van der Waals surface area contributed by atoms with Gasteiger partial charge in [0.2, 0.25) is 0 Å². The lowest BCUT2D eigenvalue weighted by molar-refractivity contribution is 0.414. The summed E-state index contributed by atoms with van der Waals surface area (Å²) in [4.78, 5) is 2.23. The first-order valence-corrected chi connectivity index (χ1v) is 5.41. The van der Waals surface area contributed by atoms with E-state index in [0.717, 1.165) is 24.2 Å². The number of likely N-dealkylation sites (N-methyl/N-ethyl adjacent to an activating group) is 1. The number of benzene rings is 1. The van der Waals surface area contributed by atoms with Gasteiger partial charge in [0.15, 0.2) is 0 Å². The molecule has 0 spiro atoms. The Morgan fingerprint density at radius 3 is 3.12 bits per heavy atom. The van der Waals surface area contributed by atoms with Gasteiger partial charge >= 0.3 is 0 Å². The average Bonchev–Trinajstić information content (AvgIpc) is 2.87. The van der Waals surface area contributed by atoms with Gasteiger partial charge in [0.05, 0.1) is 12.9 Å². The molecular formula is C13H14N2O. The summed E-state index contributed by atoms with van der Waals surface area (Å²) in [7, 11) is 2.10. The van der Waals surface area contributed by atoms with Crippen LogP contribution in [0.5, 0.6) is 0 Å². The summed E-state index contributed by atoms with van der Waals surface area (Å²) in [5, 5.41) is 4.50. The van der Waals surface area contributed by atoms with E-state index < -0.39 is 0 Å². The highest BCUT2D eigenvalue weighted by atomic mass is 16.3. The highest BCUT2D eigenvalue weighted by Crippen LogP contribution is 2.19. The van der Waals surface area contributed by atoms with E-state index in [-0.39, 0.29) is 0 Å². The van der Waals surface area contributed by atoms with Gasteiger partial charge in [0.1, 0.15) is 5.58 Å². The van der Waals surface area contributed by atoms with Gasteiger partial charge in [0.25, 0.3) is 0 Å². The molecule has 3 rings (SSSR count). The fourth-order valence-corrected chi connectivity index (χ4v) is 2.00. The summed E-state index contributed by atoms with van der Waals surface area (Å²) in [6.45, 7) is 1.91. The number of nitrogens with one attached hydrogen (secondary N) is 1. The molecule has 0 bridgehead atoms. The zero-order chi connectivity index (χ0) is 11.0. The smallest absolute Gasteiger partial charge is 0.134 e. The van der Waals surface area contributed by atoms with Crippen molar-refractivity contribution in [2.24, 2.45) is 0 Å². The minimum absolute atomic E-state index is 0.925. The van der Waals surface area contributed by atoms with Gasteiger partial charge in [-0.1, -0.05) is 12.1 Å². The Labute approximate surface area is 94.3 Å². The summed E-state index contributed by atoms with van der Waals surface area (Å²) < 4.78 is 5.38. The Morgan fingerprint density at radius 1 is 1.38 bits per heavy atom. The molecule has 1 fully saturated rings. The fourth-order valence-electron chi connectivity index (χ4n) is 2.00. The maximum atomic E-state index is 5.38. The fraction of sp³-hybridized carbons (Fsp3) is 0.231. The second-order valence-electron chi connectivity index (χ2n) is 4.24. The number of fused-ring (bicyclic) bond motifs is 1. The van der Waals surface area contributed by atoms with E-state index in [1.807, 2.05) is 6.07 Å². The number of hydrogen-bond donors (Lipinski definition) is 1. The third-order valence-corrected chi connectivity index (χ3v) is 2.84. The van der Waals surface area contributed by atoms with Gasteiger partial charge in [-0.2, -0.15) is 0 Å². The predicted octanol–water partition coefficient (Wildman–Crippen LogP) is 2.27. The largest absolute Gasteiger partial charge is 0.464 e. The summed E-state index contributed by atoms with van der Waals surface area (Å²) in [6, 6.07) is 8.25. The van der Waals surface area contributed by atoms with Crippen LogP contribution >= 0.6 is 0 Å². The van der Waals surface area contributed by atoms with Crippen LogP contribution in [0.3, 0.4) is 0 Å². The Balaban J connectivity index is 1.94. The second kappa shape index (κ2) is 3.68. The van der Waals surface area contributed by atoms with Gasteiger partial charge in [-0.25, -0.2) is 0 Å². The SMILES string of the molecule is CN1CN/C(=C\c2ccc3ccoc3c2)C1. The zero-order valence-electron chi connectivity index (χ0n) is 9.23. The van der Waals surface area contributed by atoms with E-state index in [2.05, 4.69) is 41.5 Å². The van der Waals surface area contributed by atoms with Crippen molar-refractivity contribution in [2.45, 2.75) is 0 Å². The van der Waals surface area contributed by atoms with Crippen LogP contribution in [-0.4, -0.2) is 25.2 Å². The van der Waals surface area contributed by atoms with Crippen molar-refractivity contribution in [3.63, 3.8) is 0 Å². The molecule has 1 aliphatic heterocycles. The lowest BCUT2D eigenvalue weighted by Crippen LogP contribution is -2.15. The number of nitrogens with zero attached hydrogens (tertiary/aromatic N) is 1. The maximum Gasteiger partial charge on any atom is 0.134 e. The van der Waals surface area contributed by atoms with Crippen LogP contribution in [0.15, 0.2) is 40.6 Å². The van der Waals surface area contributed by atoms with Crippen molar-refractivity contribution in [1.29, 1.82) is 0 Å². The highest BCUT2D eigenvalue weighted by Gasteiger charge is 2.10. The Morgan fingerprint density at radius 2 is 2.31 bits per heavy atom. The van der Waals surface area contributed by atoms with E-state index in [1.54, 1.807) is 6.26 Å². The summed E-state index contributed by atoms with van der Waals surface area (Å²) in [6.07, 6.45) is 3.90. The summed E-state index contributed by atoms with van der Waals surface area (Å²) in [5.74, 6) is 0. The molecular weight excluding hydrogens is 200 g/mol.